The quantitative estimate of drug-likeness (QED) is 0.891. The highest BCUT2D eigenvalue weighted by atomic mass is 19.1. The lowest BCUT2D eigenvalue weighted by molar-refractivity contribution is 0.217. The van der Waals surface area contributed by atoms with Crippen LogP contribution >= 0.6 is 0 Å². The van der Waals surface area contributed by atoms with E-state index in [1.807, 2.05) is 0 Å². The Bertz CT molecular complexity index is 519. The molecule has 90 valence electrons. The molecular formula is C13H13FO3. The zero-order chi connectivity index (χ0) is 12.4. The summed E-state index contributed by atoms with van der Waals surface area (Å²) in [6.07, 6.45) is 0.600. The fourth-order valence-electron chi connectivity index (χ4n) is 1.71. The number of halogens is 1. The molecule has 3 nitrogen and oxygen atoms in total. The molecule has 0 bridgehead atoms. The lowest BCUT2D eigenvalue weighted by Gasteiger charge is -2.11. The van der Waals surface area contributed by atoms with E-state index in [2.05, 4.69) is 0 Å². The number of benzene rings is 1. The van der Waals surface area contributed by atoms with Crippen molar-refractivity contribution in [2.75, 3.05) is 7.11 Å². The molecule has 4 heteroatoms. The number of aliphatic hydroxyl groups is 1. The molecule has 1 N–H and O–H groups in total. The third kappa shape index (κ3) is 2.17. The Kier molecular flexibility index (Phi) is 3.15. The highest BCUT2D eigenvalue weighted by molar-refractivity contribution is 5.35. The first-order valence-corrected chi connectivity index (χ1v) is 5.19. The van der Waals surface area contributed by atoms with Crippen LogP contribution in [0, 0.1) is 12.7 Å². The van der Waals surface area contributed by atoms with Gasteiger partial charge in [-0.3, -0.25) is 0 Å². The van der Waals surface area contributed by atoms with Crippen LogP contribution in [-0.2, 0) is 0 Å². The van der Waals surface area contributed by atoms with Gasteiger partial charge in [-0.05, 0) is 30.7 Å². The van der Waals surface area contributed by atoms with Gasteiger partial charge in [0.25, 0.3) is 0 Å². The van der Waals surface area contributed by atoms with Crippen LogP contribution < -0.4 is 4.74 Å². The number of hydrogen-bond acceptors (Lipinski definition) is 3. The average molecular weight is 236 g/mol. The molecule has 1 aromatic heterocycles. The minimum Gasteiger partial charge on any atom is -0.494 e. The third-order valence-corrected chi connectivity index (χ3v) is 2.69. The molecule has 0 saturated heterocycles. The number of ether oxygens (including phenoxy) is 1. The van der Waals surface area contributed by atoms with Gasteiger partial charge in [-0.25, -0.2) is 4.39 Å². The van der Waals surface area contributed by atoms with E-state index in [1.54, 1.807) is 19.1 Å². The molecule has 0 spiro atoms. The van der Waals surface area contributed by atoms with Crippen molar-refractivity contribution in [3.05, 3.63) is 53.2 Å². The molecule has 1 unspecified atom stereocenters. The Morgan fingerprint density at radius 2 is 2.12 bits per heavy atom. The van der Waals surface area contributed by atoms with Crippen LogP contribution in [0.1, 0.15) is 23.0 Å². The number of aliphatic hydroxyl groups excluding tert-OH is 1. The Morgan fingerprint density at radius 3 is 2.65 bits per heavy atom. The fourth-order valence-corrected chi connectivity index (χ4v) is 1.71. The lowest BCUT2D eigenvalue weighted by atomic mass is 10.0. The smallest absolute Gasteiger partial charge is 0.165 e. The second kappa shape index (κ2) is 4.59. The van der Waals surface area contributed by atoms with Gasteiger partial charge < -0.3 is 14.3 Å². The molecular weight excluding hydrogens is 223 g/mol. The zero-order valence-electron chi connectivity index (χ0n) is 9.61. The van der Waals surface area contributed by atoms with E-state index in [1.165, 1.54) is 25.5 Å². The van der Waals surface area contributed by atoms with Gasteiger partial charge in [0.1, 0.15) is 11.9 Å². The van der Waals surface area contributed by atoms with Crippen LogP contribution in [0.2, 0.25) is 0 Å². The maximum absolute atomic E-state index is 13.5. The van der Waals surface area contributed by atoms with Gasteiger partial charge in [-0.15, -0.1) is 0 Å². The Labute approximate surface area is 98.5 Å². The van der Waals surface area contributed by atoms with Crippen LogP contribution in [0.3, 0.4) is 0 Å². The number of rotatable bonds is 3. The molecule has 0 saturated carbocycles. The first-order valence-electron chi connectivity index (χ1n) is 5.19. The average Bonchev–Trinajstić information content (AvgIpc) is 2.74. The molecule has 2 rings (SSSR count). The van der Waals surface area contributed by atoms with Crippen molar-refractivity contribution in [1.29, 1.82) is 0 Å². The van der Waals surface area contributed by atoms with Crippen molar-refractivity contribution in [2.24, 2.45) is 0 Å². The van der Waals surface area contributed by atoms with E-state index in [0.717, 1.165) is 0 Å². The van der Waals surface area contributed by atoms with E-state index in [4.69, 9.17) is 9.15 Å². The molecule has 0 aliphatic rings. The molecule has 1 aromatic carbocycles. The topological polar surface area (TPSA) is 42.6 Å². The summed E-state index contributed by atoms with van der Waals surface area (Å²) >= 11 is 0. The highest BCUT2D eigenvalue weighted by Gasteiger charge is 2.16. The molecule has 0 aliphatic heterocycles. The Hall–Kier alpha value is -1.81. The second-order valence-corrected chi connectivity index (χ2v) is 3.73. The molecule has 17 heavy (non-hydrogen) atoms. The van der Waals surface area contributed by atoms with Crippen molar-refractivity contribution >= 4 is 0 Å². The Balaban J connectivity index is 2.35. The van der Waals surface area contributed by atoms with Crippen molar-refractivity contribution in [3.63, 3.8) is 0 Å². The maximum atomic E-state index is 13.5. The van der Waals surface area contributed by atoms with Gasteiger partial charge in [-0.2, -0.15) is 0 Å². The zero-order valence-corrected chi connectivity index (χ0v) is 9.61. The monoisotopic (exact) mass is 236 g/mol. The maximum Gasteiger partial charge on any atom is 0.165 e. The molecule has 0 radical (unpaired) electrons. The summed E-state index contributed by atoms with van der Waals surface area (Å²) < 4.78 is 23.4. The molecule has 1 atom stereocenters. The van der Waals surface area contributed by atoms with Crippen LogP contribution in [0.25, 0.3) is 0 Å². The lowest BCUT2D eigenvalue weighted by Crippen LogP contribution is -2.01. The minimum atomic E-state index is -0.894. The SMILES string of the molecule is COc1ccc(C(O)c2ccoc2C)cc1F. The van der Waals surface area contributed by atoms with Gasteiger partial charge in [0.15, 0.2) is 11.6 Å². The summed E-state index contributed by atoms with van der Waals surface area (Å²) in [5, 5.41) is 10.1. The van der Waals surface area contributed by atoms with Gasteiger partial charge in [-0.1, -0.05) is 6.07 Å². The fraction of sp³-hybridized carbons (Fsp3) is 0.231. The molecule has 1 heterocycles. The summed E-state index contributed by atoms with van der Waals surface area (Å²) in [5.74, 6) is 0.281. The van der Waals surface area contributed by atoms with Crippen LogP contribution in [0.4, 0.5) is 4.39 Å². The molecule has 0 amide bonds. The largest absolute Gasteiger partial charge is 0.494 e. The summed E-state index contributed by atoms with van der Waals surface area (Å²) in [6.45, 7) is 1.75. The predicted molar refractivity (Wildman–Crippen MR) is 60.5 cm³/mol. The number of hydrogen-bond donors (Lipinski definition) is 1. The summed E-state index contributed by atoms with van der Waals surface area (Å²) in [6, 6.07) is 6.04. The summed E-state index contributed by atoms with van der Waals surface area (Å²) in [7, 11) is 1.40. The summed E-state index contributed by atoms with van der Waals surface area (Å²) in [4.78, 5) is 0. The van der Waals surface area contributed by atoms with E-state index in [0.29, 0.717) is 16.9 Å². The Morgan fingerprint density at radius 1 is 1.35 bits per heavy atom. The minimum absolute atomic E-state index is 0.157. The van der Waals surface area contributed by atoms with Crippen LogP contribution in [0.5, 0.6) is 5.75 Å². The van der Waals surface area contributed by atoms with Crippen molar-refractivity contribution in [3.8, 4) is 5.75 Å². The van der Waals surface area contributed by atoms with E-state index >= 15 is 0 Å². The first-order chi connectivity index (χ1) is 8.13. The summed E-state index contributed by atoms with van der Waals surface area (Å²) in [5.41, 5.74) is 1.10. The third-order valence-electron chi connectivity index (χ3n) is 2.69. The number of aryl methyl sites for hydroxylation is 1. The van der Waals surface area contributed by atoms with Crippen molar-refractivity contribution in [1.82, 2.24) is 0 Å². The number of methoxy groups -OCH3 is 1. The van der Waals surface area contributed by atoms with E-state index in [9.17, 15) is 9.50 Å². The molecule has 2 aromatic rings. The predicted octanol–water partition coefficient (Wildman–Crippen LogP) is 2.82. The van der Waals surface area contributed by atoms with Gasteiger partial charge >= 0.3 is 0 Å². The van der Waals surface area contributed by atoms with Crippen LogP contribution in [0.15, 0.2) is 34.9 Å². The molecule has 0 fully saturated rings. The second-order valence-electron chi connectivity index (χ2n) is 3.73. The van der Waals surface area contributed by atoms with E-state index < -0.39 is 11.9 Å². The van der Waals surface area contributed by atoms with Crippen molar-refractivity contribution < 1.29 is 18.7 Å². The van der Waals surface area contributed by atoms with Gasteiger partial charge in [0.05, 0.1) is 13.4 Å². The standard InChI is InChI=1S/C13H13FO3/c1-8-10(5-6-17-8)13(15)9-3-4-12(16-2)11(14)7-9/h3-7,13,15H,1-2H3. The van der Waals surface area contributed by atoms with E-state index in [-0.39, 0.29) is 5.75 Å². The van der Waals surface area contributed by atoms with Crippen molar-refractivity contribution in [2.45, 2.75) is 13.0 Å². The first kappa shape index (κ1) is 11.7. The normalized spacial score (nSPS) is 12.5. The van der Waals surface area contributed by atoms with Gasteiger partial charge in [0, 0.05) is 5.56 Å². The van der Waals surface area contributed by atoms with Gasteiger partial charge in [0.2, 0.25) is 0 Å². The number of furan rings is 1. The highest BCUT2D eigenvalue weighted by Crippen LogP contribution is 2.28. The van der Waals surface area contributed by atoms with Crippen LogP contribution in [-0.4, -0.2) is 12.2 Å². The molecule has 0 aliphatic carbocycles.